The van der Waals surface area contributed by atoms with E-state index in [0.717, 1.165) is 11.1 Å². The molecule has 3 aromatic rings. The van der Waals surface area contributed by atoms with Gasteiger partial charge in [-0.25, -0.2) is 9.37 Å². The van der Waals surface area contributed by atoms with E-state index in [-0.39, 0.29) is 49.3 Å². The Hall–Kier alpha value is -4.21. The van der Waals surface area contributed by atoms with Crippen LogP contribution in [-0.2, 0) is 24.4 Å². The lowest BCUT2D eigenvalue weighted by atomic mass is 9.94. The third-order valence-corrected chi connectivity index (χ3v) is 6.33. The van der Waals surface area contributed by atoms with Gasteiger partial charge in [-0.05, 0) is 49.2 Å². The van der Waals surface area contributed by atoms with Crippen LogP contribution < -0.4 is 15.4 Å². The largest absolute Gasteiger partial charge is 0.497 e. The normalized spacial score (nSPS) is 16.9. The molecule has 3 amide bonds. The molecule has 1 aromatic heterocycles. The molecule has 0 bridgehead atoms. The van der Waals surface area contributed by atoms with Gasteiger partial charge >= 0.3 is 0 Å². The monoisotopic (exact) mass is 493 g/mol. The van der Waals surface area contributed by atoms with Crippen molar-refractivity contribution in [2.24, 2.45) is 0 Å². The number of carbonyl (C=O) groups is 3. The fourth-order valence-corrected chi connectivity index (χ4v) is 4.37. The molecule has 188 valence electrons. The molecule has 1 aliphatic rings. The predicted molar refractivity (Wildman–Crippen MR) is 130 cm³/mol. The van der Waals surface area contributed by atoms with Gasteiger partial charge in [0, 0.05) is 19.6 Å². The number of likely N-dealkylation sites (N-methyl/N-ethyl adjacent to an activating group) is 1. The highest BCUT2D eigenvalue weighted by Crippen LogP contribution is 2.29. The summed E-state index contributed by atoms with van der Waals surface area (Å²) in [5.41, 5.74) is 0.520. The van der Waals surface area contributed by atoms with Crippen molar-refractivity contribution in [1.82, 2.24) is 25.1 Å². The first-order chi connectivity index (χ1) is 17.3. The number of rotatable bonds is 8. The van der Waals surface area contributed by atoms with E-state index in [1.54, 1.807) is 37.7 Å². The number of methoxy groups -OCH3 is 1. The van der Waals surface area contributed by atoms with E-state index in [9.17, 15) is 18.8 Å². The van der Waals surface area contributed by atoms with Crippen molar-refractivity contribution in [2.45, 2.75) is 39.0 Å². The number of halogens is 1. The van der Waals surface area contributed by atoms with E-state index in [2.05, 4.69) is 15.6 Å². The molecule has 0 aliphatic carbocycles. The highest BCUT2D eigenvalue weighted by Gasteiger charge is 2.48. The number of nitrogens with one attached hydrogen (secondary N) is 2. The topological polar surface area (TPSA) is 106 Å². The second-order valence-corrected chi connectivity index (χ2v) is 8.74. The van der Waals surface area contributed by atoms with Gasteiger partial charge < -0.3 is 24.8 Å². The fourth-order valence-electron chi connectivity index (χ4n) is 4.37. The molecule has 36 heavy (non-hydrogen) atoms. The lowest BCUT2D eigenvalue weighted by Crippen LogP contribution is -2.63. The number of hydrogen-bond acceptors (Lipinski definition) is 5. The van der Waals surface area contributed by atoms with Gasteiger partial charge in [0.25, 0.3) is 11.8 Å². The highest BCUT2D eigenvalue weighted by molar-refractivity contribution is 6.07. The molecule has 0 unspecified atom stereocenters. The summed E-state index contributed by atoms with van der Waals surface area (Å²) < 4.78 is 19.9. The summed E-state index contributed by atoms with van der Waals surface area (Å²) in [6.45, 7) is 4.27. The van der Waals surface area contributed by atoms with Crippen LogP contribution in [0.2, 0.25) is 0 Å². The summed E-state index contributed by atoms with van der Waals surface area (Å²) in [7, 11) is 1.57. The van der Waals surface area contributed by atoms with Gasteiger partial charge in [-0.3, -0.25) is 14.4 Å². The van der Waals surface area contributed by atoms with Crippen LogP contribution in [0.15, 0.2) is 54.9 Å². The van der Waals surface area contributed by atoms with E-state index in [4.69, 9.17) is 4.74 Å². The molecule has 4 rings (SSSR count). The lowest BCUT2D eigenvalue weighted by molar-refractivity contribution is -0.132. The van der Waals surface area contributed by atoms with Crippen LogP contribution in [-0.4, -0.2) is 51.4 Å². The average Bonchev–Trinajstić information content (AvgIpc) is 3.31. The molecule has 10 heteroatoms. The Morgan fingerprint density at radius 3 is 2.53 bits per heavy atom. The Kier molecular flexibility index (Phi) is 7.05. The molecular formula is C26H28FN5O4. The van der Waals surface area contributed by atoms with Crippen molar-refractivity contribution in [2.75, 3.05) is 13.7 Å². The maximum Gasteiger partial charge on any atom is 0.273 e. The molecule has 0 saturated carbocycles. The molecule has 2 heterocycles. The quantitative estimate of drug-likeness (QED) is 0.502. The summed E-state index contributed by atoms with van der Waals surface area (Å²) in [6, 6.07) is 13.1. The molecule has 2 N–H and O–H groups in total. The second-order valence-electron chi connectivity index (χ2n) is 8.74. The summed E-state index contributed by atoms with van der Waals surface area (Å²) in [5, 5.41) is 5.64. The van der Waals surface area contributed by atoms with Crippen LogP contribution >= 0.6 is 0 Å². The third kappa shape index (κ3) is 4.79. The van der Waals surface area contributed by atoms with Gasteiger partial charge in [-0.1, -0.05) is 24.3 Å². The van der Waals surface area contributed by atoms with Crippen molar-refractivity contribution in [3.63, 3.8) is 0 Å². The van der Waals surface area contributed by atoms with Gasteiger partial charge in [0.2, 0.25) is 5.91 Å². The van der Waals surface area contributed by atoms with Gasteiger partial charge in [0.15, 0.2) is 5.69 Å². The average molecular weight is 494 g/mol. The van der Waals surface area contributed by atoms with Crippen molar-refractivity contribution in [3.8, 4) is 5.75 Å². The van der Waals surface area contributed by atoms with Crippen LogP contribution in [0, 0.1) is 5.82 Å². The maximum atomic E-state index is 13.5. The number of nitrogens with zero attached hydrogens (tertiary/aromatic N) is 3. The number of ether oxygens (including phenoxy) is 1. The van der Waals surface area contributed by atoms with Gasteiger partial charge in [-0.15, -0.1) is 0 Å². The van der Waals surface area contributed by atoms with E-state index in [1.807, 2.05) is 24.3 Å². The number of aromatic nitrogens is 2. The first-order valence-electron chi connectivity index (χ1n) is 11.6. The zero-order valence-electron chi connectivity index (χ0n) is 20.4. The summed E-state index contributed by atoms with van der Waals surface area (Å²) >= 11 is 0. The van der Waals surface area contributed by atoms with Crippen molar-refractivity contribution in [1.29, 1.82) is 0 Å². The Labute approximate surface area is 208 Å². The smallest absolute Gasteiger partial charge is 0.273 e. The first-order valence-corrected chi connectivity index (χ1v) is 11.6. The second kappa shape index (κ2) is 10.2. The van der Waals surface area contributed by atoms with E-state index in [1.165, 1.54) is 23.4 Å². The van der Waals surface area contributed by atoms with Gasteiger partial charge in [0.05, 0.1) is 20.0 Å². The summed E-state index contributed by atoms with van der Waals surface area (Å²) in [6.07, 6.45) is 1.41. The highest BCUT2D eigenvalue weighted by atomic mass is 19.1. The zero-order chi connectivity index (χ0) is 25.9. The van der Waals surface area contributed by atoms with E-state index >= 15 is 0 Å². The Balaban J connectivity index is 1.50. The third-order valence-electron chi connectivity index (χ3n) is 6.33. The Bertz CT molecular complexity index is 1290. The zero-order valence-corrected chi connectivity index (χ0v) is 20.4. The predicted octanol–water partition coefficient (Wildman–Crippen LogP) is 2.51. The van der Waals surface area contributed by atoms with Crippen LogP contribution in [0.4, 0.5) is 4.39 Å². The maximum absolute atomic E-state index is 13.5. The molecule has 1 atom stereocenters. The van der Waals surface area contributed by atoms with Crippen LogP contribution in [0.3, 0.4) is 0 Å². The standard InChI is InChI=1S/C26H28FN5O4/c1-4-32-24(34)22-21(23(33)28-14-18-6-5-7-20(12-18)36-3)30-16-31(22)15-26(32,2)25(35)29-13-17-8-10-19(27)11-9-17/h5-12,16H,4,13-15H2,1-3H3,(H,28,33)(H,29,35)/t26-/m1/s1. The molecule has 9 nitrogen and oxygen atoms in total. The van der Waals surface area contributed by atoms with Gasteiger partial charge in [0.1, 0.15) is 22.8 Å². The summed E-state index contributed by atoms with van der Waals surface area (Å²) in [4.78, 5) is 45.3. The molecule has 2 aromatic carbocycles. The number of hydrogen-bond donors (Lipinski definition) is 2. The number of benzene rings is 2. The Morgan fingerprint density at radius 2 is 1.83 bits per heavy atom. The van der Waals surface area contributed by atoms with E-state index in [0.29, 0.717) is 5.75 Å². The van der Waals surface area contributed by atoms with E-state index < -0.39 is 17.4 Å². The molecular weight excluding hydrogens is 465 g/mol. The number of carbonyl (C=O) groups excluding carboxylic acids is 3. The number of fused-ring (bicyclic) bond motifs is 1. The minimum Gasteiger partial charge on any atom is -0.497 e. The molecule has 0 spiro atoms. The Morgan fingerprint density at radius 1 is 1.11 bits per heavy atom. The molecule has 0 fully saturated rings. The minimum absolute atomic E-state index is 0.00937. The van der Waals surface area contributed by atoms with Crippen molar-refractivity contribution >= 4 is 17.7 Å². The molecule has 0 radical (unpaired) electrons. The van der Waals surface area contributed by atoms with Crippen LogP contribution in [0.1, 0.15) is 46.0 Å². The minimum atomic E-state index is -1.20. The fraction of sp³-hybridized carbons (Fsp3) is 0.308. The van der Waals surface area contributed by atoms with Crippen molar-refractivity contribution in [3.05, 3.63) is 83.2 Å². The number of amides is 3. The van der Waals surface area contributed by atoms with Gasteiger partial charge in [-0.2, -0.15) is 0 Å². The lowest BCUT2D eigenvalue weighted by Gasteiger charge is -2.43. The first kappa shape index (κ1) is 24.9. The van der Waals surface area contributed by atoms with Crippen LogP contribution in [0.25, 0.3) is 0 Å². The van der Waals surface area contributed by atoms with Crippen LogP contribution in [0.5, 0.6) is 5.75 Å². The SMILES string of the molecule is CCN1C(=O)c2c(C(=O)NCc3cccc(OC)c3)ncn2C[C@]1(C)C(=O)NCc1ccc(F)cc1. The molecule has 0 saturated heterocycles. The summed E-state index contributed by atoms with van der Waals surface area (Å²) in [5.74, 6) is -0.979. The molecule has 1 aliphatic heterocycles. The number of imidazole rings is 1. The van der Waals surface area contributed by atoms with Crippen molar-refractivity contribution < 1.29 is 23.5 Å².